The average molecular weight is 364 g/mol. The van der Waals surface area contributed by atoms with Crippen LogP contribution < -0.4 is 4.90 Å². The van der Waals surface area contributed by atoms with Crippen molar-refractivity contribution in [3.8, 4) is 0 Å². The first-order chi connectivity index (χ1) is 12.6. The number of hydrogen-bond donors (Lipinski definition) is 1. The van der Waals surface area contributed by atoms with Crippen LogP contribution in [-0.2, 0) is 11.3 Å². The van der Waals surface area contributed by atoms with E-state index >= 15 is 0 Å². The molecule has 6 heteroatoms. The third-order valence-corrected chi connectivity index (χ3v) is 5.20. The summed E-state index contributed by atoms with van der Waals surface area (Å²) in [6, 6.07) is 16.8. The lowest BCUT2D eigenvalue weighted by Gasteiger charge is -2.16. The minimum absolute atomic E-state index is 0.228. The molecule has 4 rings (SSSR count). The average Bonchev–Trinajstić information content (AvgIpc) is 3.16. The van der Waals surface area contributed by atoms with E-state index in [9.17, 15) is 14.7 Å². The van der Waals surface area contributed by atoms with E-state index < -0.39 is 6.10 Å². The standard InChI is InChI=1S/C20H16N2O3S/c1-13-19(24)22(20(25)26-13)17-9-5-8-16-15(17)10-11-21(16)12-18(23)14-6-3-2-4-7-14/h2-11,18,23H,1,12H2. The lowest BCUT2D eigenvalue weighted by Crippen LogP contribution is -2.27. The number of nitrogens with zero attached hydrogens (tertiary/aromatic N) is 2. The molecule has 0 saturated carbocycles. The second kappa shape index (κ2) is 6.48. The second-order valence-corrected chi connectivity index (χ2v) is 7.08. The smallest absolute Gasteiger partial charge is 0.298 e. The van der Waals surface area contributed by atoms with Crippen LogP contribution in [0.4, 0.5) is 10.5 Å². The van der Waals surface area contributed by atoms with E-state index in [1.807, 2.05) is 53.2 Å². The maximum absolute atomic E-state index is 12.3. The third-order valence-electron chi connectivity index (χ3n) is 4.42. The topological polar surface area (TPSA) is 62.5 Å². The lowest BCUT2D eigenvalue weighted by molar-refractivity contribution is -0.113. The van der Waals surface area contributed by atoms with Gasteiger partial charge in [-0.2, -0.15) is 0 Å². The first-order valence-corrected chi connectivity index (χ1v) is 8.94. The van der Waals surface area contributed by atoms with Crippen molar-refractivity contribution in [3.63, 3.8) is 0 Å². The fraction of sp³-hybridized carbons (Fsp3) is 0.100. The number of thioether (sulfide) groups is 1. The number of hydrogen-bond acceptors (Lipinski definition) is 4. The molecular formula is C20H16N2O3S. The van der Waals surface area contributed by atoms with E-state index in [0.29, 0.717) is 12.2 Å². The summed E-state index contributed by atoms with van der Waals surface area (Å²) < 4.78 is 1.92. The molecule has 1 saturated heterocycles. The number of aliphatic hydroxyl groups excluding tert-OH is 1. The van der Waals surface area contributed by atoms with Gasteiger partial charge in [-0.25, -0.2) is 4.90 Å². The molecule has 0 bridgehead atoms. The monoisotopic (exact) mass is 364 g/mol. The number of carbonyl (C=O) groups is 2. The summed E-state index contributed by atoms with van der Waals surface area (Å²) in [6.45, 7) is 4.01. The highest BCUT2D eigenvalue weighted by Crippen LogP contribution is 2.37. The van der Waals surface area contributed by atoms with Crippen molar-refractivity contribution >= 4 is 39.5 Å². The third kappa shape index (κ3) is 2.73. The van der Waals surface area contributed by atoms with Gasteiger partial charge in [0.05, 0.1) is 28.8 Å². The number of anilines is 1. The molecule has 1 atom stereocenters. The molecule has 130 valence electrons. The van der Waals surface area contributed by atoms with Crippen molar-refractivity contribution in [2.75, 3.05) is 4.90 Å². The van der Waals surface area contributed by atoms with E-state index in [4.69, 9.17) is 0 Å². The number of aromatic nitrogens is 1. The molecule has 0 spiro atoms. The van der Waals surface area contributed by atoms with E-state index in [-0.39, 0.29) is 16.1 Å². The van der Waals surface area contributed by atoms with Crippen LogP contribution in [0, 0.1) is 0 Å². The first kappa shape index (κ1) is 16.6. The Kier molecular flexibility index (Phi) is 4.14. The van der Waals surface area contributed by atoms with Gasteiger partial charge in [-0.3, -0.25) is 9.59 Å². The number of fused-ring (bicyclic) bond motifs is 1. The minimum atomic E-state index is -0.652. The maximum Gasteiger partial charge on any atom is 0.298 e. The minimum Gasteiger partial charge on any atom is -0.387 e. The summed E-state index contributed by atoms with van der Waals surface area (Å²) >= 11 is 0.851. The molecule has 1 unspecified atom stereocenters. The SMILES string of the molecule is C=C1SC(=O)N(c2cccc3c2ccn3CC(O)c2ccccc2)C1=O. The van der Waals surface area contributed by atoms with Crippen molar-refractivity contribution in [3.05, 3.63) is 77.8 Å². The van der Waals surface area contributed by atoms with E-state index in [0.717, 1.165) is 33.1 Å². The molecule has 26 heavy (non-hydrogen) atoms. The normalized spacial score (nSPS) is 15.9. The zero-order valence-corrected chi connectivity index (χ0v) is 14.6. The van der Waals surface area contributed by atoms with Crippen LogP contribution in [0.25, 0.3) is 10.9 Å². The van der Waals surface area contributed by atoms with Gasteiger partial charge in [-0.1, -0.05) is 43.0 Å². The highest BCUT2D eigenvalue weighted by Gasteiger charge is 2.36. The van der Waals surface area contributed by atoms with Gasteiger partial charge >= 0.3 is 0 Å². The Morgan fingerprint density at radius 3 is 2.50 bits per heavy atom. The zero-order chi connectivity index (χ0) is 18.3. The van der Waals surface area contributed by atoms with Gasteiger partial charge in [-0.05, 0) is 35.5 Å². The van der Waals surface area contributed by atoms with E-state index in [2.05, 4.69) is 6.58 Å². The highest BCUT2D eigenvalue weighted by molar-refractivity contribution is 8.18. The van der Waals surface area contributed by atoms with Crippen molar-refractivity contribution in [2.45, 2.75) is 12.6 Å². The summed E-state index contributed by atoms with van der Waals surface area (Å²) in [5.41, 5.74) is 2.22. The van der Waals surface area contributed by atoms with Gasteiger partial charge in [0.25, 0.3) is 11.1 Å². The molecule has 1 aromatic heterocycles. The molecule has 2 heterocycles. The molecule has 0 radical (unpaired) electrons. The molecule has 1 N–H and O–H groups in total. The number of aliphatic hydroxyl groups is 1. The number of rotatable bonds is 4. The van der Waals surface area contributed by atoms with Gasteiger partial charge in [-0.15, -0.1) is 0 Å². The molecule has 2 amide bonds. The first-order valence-electron chi connectivity index (χ1n) is 8.12. The van der Waals surface area contributed by atoms with Crippen LogP contribution in [0.15, 0.2) is 72.3 Å². The van der Waals surface area contributed by atoms with Crippen molar-refractivity contribution < 1.29 is 14.7 Å². The van der Waals surface area contributed by atoms with Gasteiger partial charge < -0.3 is 9.67 Å². The van der Waals surface area contributed by atoms with Crippen molar-refractivity contribution in [2.24, 2.45) is 0 Å². The fourth-order valence-electron chi connectivity index (χ4n) is 3.14. The van der Waals surface area contributed by atoms with Gasteiger partial charge in [0.15, 0.2) is 0 Å². The molecule has 1 fully saturated rings. The van der Waals surface area contributed by atoms with Crippen molar-refractivity contribution in [1.29, 1.82) is 0 Å². The summed E-state index contributed by atoms with van der Waals surface area (Å²) in [5, 5.41) is 10.9. The van der Waals surface area contributed by atoms with Gasteiger partial charge in [0.1, 0.15) is 0 Å². The second-order valence-electron chi connectivity index (χ2n) is 6.04. The summed E-state index contributed by atoms with van der Waals surface area (Å²) in [6.07, 6.45) is 1.20. The van der Waals surface area contributed by atoms with Crippen LogP contribution >= 0.6 is 11.8 Å². The predicted molar refractivity (Wildman–Crippen MR) is 103 cm³/mol. The number of benzene rings is 2. The van der Waals surface area contributed by atoms with Crippen LogP contribution in [0.1, 0.15) is 11.7 Å². The Morgan fingerprint density at radius 1 is 1.04 bits per heavy atom. The lowest BCUT2D eigenvalue weighted by atomic mass is 10.1. The predicted octanol–water partition coefficient (Wildman–Crippen LogP) is 4.09. The molecular weight excluding hydrogens is 348 g/mol. The fourth-order valence-corrected chi connectivity index (χ4v) is 3.80. The van der Waals surface area contributed by atoms with Gasteiger partial charge in [0.2, 0.25) is 0 Å². The molecule has 1 aliphatic heterocycles. The van der Waals surface area contributed by atoms with E-state index in [1.54, 1.807) is 12.1 Å². The van der Waals surface area contributed by atoms with Crippen LogP contribution in [-0.4, -0.2) is 20.8 Å². The summed E-state index contributed by atoms with van der Waals surface area (Å²) in [5.74, 6) is -0.385. The Balaban J connectivity index is 1.71. The Labute approximate surface area is 154 Å². The van der Waals surface area contributed by atoms with Gasteiger partial charge in [0, 0.05) is 11.6 Å². The number of amides is 2. The summed E-state index contributed by atoms with van der Waals surface area (Å²) in [4.78, 5) is 25.8. The van der Waals surface area contributed by atoms with Crippen LogP contribution in [0.3, 0.4) is 0 Å². The van der Waals surface area contributed by atoms with Crippen molar-refractivity contribution in [1.82, 2.24) is 4.57 Å². The summed E-state index contributed by atoms with van der Waals surface area (Å²) in [7, 11) is 0. The Hall–Kier alpha value is -2.83. The number of carbonyl (C=O) groups excluding carboxylic acids is 2. The zero-order valence-electron chi connectivity index (χ0n) is 13.8. The van der Waals surface area contributed by atoms with Crippen LogP contribution in [0.2, 0.25) is 0 Å². The molecule has 0 aliphatic carbocycles. The molecule has 2 aromatic carbocycles. The molecule has 3 aromatic rings. The molecule has 1 aliphatic rings. The Bertz CT molecular complexity index is 1030. The quantitative estimate of drug-likeness (QED) is 0.709. The van der Waals surface area contributed by atoms with Crippen LogP contribution in [0.5, 0.6) is 0 Å². The maximum atomic E-state index is 12.3. The largest absolute Gasteiger partial charge is 0.387 e. The Morgan fingerprint density at radius 2 is 1.81 bits per heavy atom. The highest BCUT2D eigenvalue weighted by atomic mass is 32.2. The van der Waals surface area contributed by atoms with E-state index in [1.165, 1.54) is 0 Å². The molecule has 5 nitrogen and oxygen atoms in total. The number of imide groups is 1.